The highest BCUT2D eigenvalue weighted by molar-refractivity contribution is 8.14. The third-order valence-electron chi connectivity index (χ3n) is 1.63. The summed E-state index contributed by atoms with van der Waals surface area (Å²) >= 11 is 1.26. The average Bonchev–Trinajstić information content (AvgIpc) is 2.32. The van der Waals surface area contributed by atoms with Crippen LogP contribution in [0.3, 0.4) is 0 Å². The van der Waals surface area contributed by atoms with E-state index >= 15 is 0 Å². The molecular formula is C9H15NO3S. The molecule has 1 amide bonds. The van der Waals surface area contributed by atoms with E-state index < -0.39 is 11.7 Å². The molecule has 1 saturated heterocycles. The molecule has 0 radical (unpaired) electrons. The number of ether oxygens (including phenoxy) is 1. The van der Waals surface area contributed by atoms with E-state index in [4.69, 9.17) is 4.74 Å². The van der Waals surface area contributed by atoms with Crippen LogP contribution in [0.4, 0.5) is 4.79 Å². The van der Waals surface area contributed by atoms with Gasteiger partial charge in [0, 0.05) is 5.75 Å². The van der Waals surface area contributed by atoms with Crippen molar-refractivity contribution in [2.45, 2.75) is 38.8 Å². The summed E-state index contributed by atoms with van der Waals surface area (Å²) in [4.78, 5) is 22.4. The van der Waals surface area contributed by atoms with E-state index in [2.05, 4.69) is 5.32 Å². The molecule has 80 valence electrons. The molecule has 0 aromatic heterocycles. The fourth-order valence-electron chi connectivity index (χ4n) is 1.08. The van der Waals surface area contributed by atoms with Crippen molar-refractivity contribution in [2.24, 2.45) is 0 Å². The molecule has 0 bridgehead atoms. The Kier molecular flexibility index (Phi) is 3.42. The van der Waals surface area contributed by atoms with E-state index in [1.807, 2.05) is 0 Å². The minimum atomic E-state index is -0.515. The van der Waals surface area contributed by atoms with Crippen LogP contribution >= 0.6 is 11.8 Å². The van der Waals surface area contributed by atoms with Crippen LogP contribution in [0, 0.1) is 0 Å². The van der Waals surface area contributed by atoms with Crippen LogP contribution in [0.25, 0.3) is 0 Å². The van der Waals surface area contributed by atoms with E-state index in [0.29, 0.717) is 6.42 Å². The van der Waals surface area contributed by atoms with Crippen molar-refractivity contribution < 1.29 is 14.3 Å². The first-order chi connectivity index (χ1) is 6.38. The van der Waals surface area contributed by atoms with Gasteiger partial charge in [-0.1, -0.05) is 11.8 Å². The molecule has 14 heavy (non-hydrogen) atoms. The number of carbonyl (C=O) groups excluding carboxylic acids is 2. The lowest BCUT2D eigenvalue weighted by molar-refractivity contribution is -0.112. The number of hydrogen-bond donors (Lipinski definition) is 1. The molecule has 0 spiro atoms. The normalized spacial score (nSPS) is 22.2. The molecule has 4 nitrogen and oxygen atoms in total. The Morgan fingerprint density at radius 3 is 2.64 bits per heavy atom. The molecule has 1 aliphatic heterocycles. The van der Waals surface area contributed by atoms with Gasteiger partial charge in [-0.2, -0.15) is 0 Å². The lowest BCUT2D eigenvalue weighted by Gasteiger charge is -2.20. The van der Waals surface area contributed by atoms with Crippen molar-refractivity contribution in [1.82, 2.24) is 5.32 Å². The van der Waals surface area contributed by atoms with Crippen LogP contribution in [-0.4, -0.2) is 28.6 Å². The summed E-state index contributed by atoms with van der Waals surface area (Å²) in [6.45, 7) is 5.37. The number of carbonyl (C=O) groups is 2. The van der Waals surface area contributed by atoms with Crippen LogP contribution in [0.5, 0.6) is 0 Å². The van der Waals surface area contributed by atoms with Crippen LogP contribution in [0.15, 0.2) is 0 Å². The van der Waals surface area contributed by atoms with Gasteiger partial charge < -0.3 is 10.1 Å². The Bertz CT molecular complexity index is 247. The molecule has 0 aromatic carbocycles. The van der Waals surface area contributed by atoms with Crippen molar-refractivity contribution in [3.05, 3.63) is 0 Å². The molecule has 0 aliphatic carbocycles. The number of amides is 1. The van der Waals surface area contributed by atoms with Crippen LogP contribution in [0.1, 0.15) is 27.2 Å². The summed E-state index contributed by atoms with van der Waals surface area (Å²) < 4.78 is 5.04. The molecule has 0 saturated carbocycles. The smallest absolute Gasteiger partial charge is 0.408 e. The number of nitrogens with one attached hydrogen (secondary N) is 1. The molecule has 1 atom stereocenters. The van der Waals surface area contributed by atoms with Crippen molar-refractivity contribution in [2.75, 3.05) is 5.75 Å². The third-order valence-corrected chi connectivity index (χ3v) is 2.64. The molecule has 1 aliphatic rings. The molecule has 1 fully saturated rings. The second kappa shape index (κ2) is 4.21. The topological polar surface area (TPSA) is 55.4 Å². The number of hydrogen-bond acceptors (Lipinski definition) is 4. The lowest BCUT2D eigenvalue weighted by atomic mass is 10.2. The summed E-state index contributed by atoms with van der Waals surface area (Å²) in [6.07, 6.45) is 0.182. The van der Waals surface area contributed by atoms with E-state index in [1.165, 1.54) is 11.8 Å². The molecule has 1 heterocycles. The van der Waals surface area contributed by atoms with Gasteiger partial charge in [0.2, 0.25) is 5.12 Å². The minimum absolute atomic E-state index is 0.0239. The monoisotopic (exact) mass is 217 g/mol. The second-order valence-corrected chi connectivity index (χ2v) is 5.25. The Hall–Kier alpha value is -0.710. The SMILES string of the molecule is CC(C)(C)OC(=O)NC1CCSC1=O. The van der Waals surface area contributed by atoms with Crippen molar-refractivity contribution in [3.63, 3.8) is 0 Å². The highest BCUT2D eigenvalue weighted by Crippen LogP contribution is 2.19. The number of thioether (sulfide) groups is 1. The predicted molar refractivity (Wildman–Crippen MR) is 55.2 cm³/mol. The fourth-order valence-corrected chi connectivity index (χ4v) is 2.01. The molecule has 1 N–H and O–H groups in total. The predicted octanol–water partition coefficient (Wildman–Crippen LogP) is 1.54. The first-order valence-corrected chi connectivity index (χ1v) is 5.53. The highest BCUT2D eigenvalue weighted by Gasteiger charge is 2.28. The average molecular weight is 217 g/mol. The first-order valence-electron chi connectivity index (χ1n) is 4.54. The maximum Gasteiger partial charge on any atom is 0.408 e. The third kappa shape index (κ3) is 3.57. The zero-order valence-electron chi connectivity index (χ0n) is 8.62. The summed E-state index contributed by atoms with van der Waals surface area (Å²) in [5.74, 6) is 0.777. The van der Waals surface area contributed by atoms with E-state index in [0.717, 1.165) is 5.75 Å². The summed E-state index contributed by atoms with van der Waals surface area (Å²) in [6, 6.07) is -0.366. The first kappa shape index (κ1) is 11.4. The Labute approximate surface area is 87.8 Å². The summed E-state index contributed by atoms with van der Waals surface area (Å²) in [5.41, 5.74) is -0.515. The quantitative estimate of drug-likeness (QED) is 0.724. The van der Waals surface area contributed by atoms with Crippen LogP contribution in [0.2, 0.25) is 0 Å². The van der Waals surface area contributed by atoms with Gasteiger partial charge >= 0.3 is 6.09 Å². The zero-order valence-corrected chi connectivity index (χ0v) is 9.44. The van der Waals surface area contributed by atoms with E-state index in [-0.39, 0.29) is 11.2 Å². The number of rotatable bonds is 1. The molecule has 1 rings (SSSR count). The second-order valence-electron chi connectivity index (χ2n) is 4.15. The van der Waals surface area contributed by atoms with Gasteiger partial charge in [0.1, 0.15) is 11.6 Å². The zero-order chi connectivity index (χ0) is 10.8. The van der Waals surface area contributed by atoms with Crippen molar-refractivity contribution in [3.8, 4) is 0 Å². The molecule has 1 unspecified atom stereocenters. The highest BCUT2D eigenvalue weighted by atomic mass is 32.2. The maximum atomic E-state index is 11.3. The fraction of sp³-hybridized carbons (Fsp3) is 0.778. The molecule has 0 aromatic rings. The van der Waals surface area contributed by atoms with Gasteiger partial charge in [-0.3, -0.25) is 4.79 Å². The van der Waals surface area contributed by atoms with Gasteiger partial charge in [0.15, 0.2) is 0 Å². The van der Waals surface area contributed by atoms with Gasteiger partial charge in [-0.15, -0.1) is 0 Å². The Balaban J connectivity index is 2.37. The van der Waals surface area contributed by atoms with Gasteiger partial charge in [-0.05, 0) is 27.2 Å². The van der Waals surface area contributed by atoms with Gasteiger partial charge in [-0.25, -0.2) is 4.79 Å². The Morgan fingerprint density at radius 1 is 1.57 bits per heavy atom. The number of alkyl carbamates (subject to hydrolysis) is 1. The maximum absolute atomic E-state index is 11.3. The largest absolute Gasteiger partial charge is 0.444 e. The van der Waals surface area contributed by atoms with Crippen molar-refractivity contribution >= 4 is 23.0 Å². The summed E-state index contributed by atoms with van der Waals surface area (Å²) in [5, 5.41) is 2.58. The van der Waals surface area contributed by atoms with Crippen molar-refractivity contribution in [1.29, 1.82) is 0 Å². The summed E-state index contributed by atoms with van der Waals surface area (Å²) in [7, 11) is 0. The standard InChI is InChI=1S/C9H15NO3S/c1-9(2,3)13-8(12)10-6-4-5-14-7(6)11/h6H,4-5H2,1-3H3,(H,10,12). The minimum Gasteiger partial charge on any atom is -0.444 e. The van der Waals surface area contributed by atoms with Crippen LogP contribution < -0.4 is 5.32 Å². The van der Waals surface area contributed by atoms with Crippen LogP contribution in [-0.2, 0) is 9.53 Å². The van der Waals surface area contributed by atoms with Gasteiger partial charge in [0.25, 0.3) is 0 Å². The van der Waals surface area contributed by atoms with E-state index in [9.17, 15) is 9.59 Å². The Morgan fingerprint density at radius 2 is 2.21 bits per heavy atom. The molecule has 5 heteroatoms. The van der Waals surface area contributed by atoms with E-state index in [1.54, 1.807) is 20.8 Å². The molecular weight excluding hydrogens is 202 g/mol. The van der Waals surface area contributed by atoms with Gasteiger partial charge in [0.05, 0.1) is 0 Å². The lowest BCUT2D eigenvalue weighted by Crippen LogP contribution is -2.40.